The molecule has 0 spiro atoms. The maximum Gasteiger partial charge on any atom is 0.407 e. The zero-order chi connectivity index (χ0) is 21.6. The summed E-state index contributed by atoms with van der Waals surface area (Å²) in [5, 5.41) is 12.0. The second kappa shape index (κ2) is 9.47. The van der Waals surface area contributed by atoms with E-state index in [2.05, 4.69) is 17.4 Å². The Morgan fingerprint density at radius 3 is 2.06 bits per heavy atom. The molecule has 0 fully saturated rings. The molecule has 31 heavy (non-hydrogen) atoms. The number of carboxylic acids is 1. The fourth-order valence-corrected chi connectivity index (χ4v) is 4.19. The minimum atomic E-state index is -1.05. The molecule has 0 saturated heterocycles. The number of hydrogen-bond donors (Lipinski definition) is 2. The number of aryl methyl sites for hydroxylation is 1. The average Bonchev–Trinajstić information content (AvgIpc) is 3.11. The molecule has 2 N–H and O–H groups in total. The Balaban J connectivity index is 1.34. The van der Waals surface area contributed by atoms with E-state index in [-0.39, 0.29) is 12.5 Å². The third-order valence-corrected chi connectivity index (χ3v) is 5.73. The van der Waals surface area contributed by atoms with Crippen LogP contribution in [0.4, 0.5) is 4.79 Å². The molecule has 1 aliphatic carbocycles. The van der Waals surface area contributed by atoms with Gasteiger partial charge in [-0.05, 0) is 47.1 Å². The Kier molecular flexibility index (Phi) is 6.32. The molecule has 0 unspecified atom stereocenters. The molecule has 1 aliphatic rings. The number of benzene rings is 3. The van der Waals surface area contributed by atoms with Crippen molar-refractivity contribution >= 4 is 12.1 Å². The molecular weight excluding hydrogens is 390 g/mol. The minimum Gasteiger partial charge on any atom is -0.480 e. The third kappa shape index (κ3) is 4.77. The summed E-state index contributed by atoms with van der Waals surface area (Å²) in [6, 6.07) is 25.1. The quantitative estimate of drug-likeness (QED) is 0.543. The number of rotatable bonds is 8. The van der Waals surface area contributed by atoms with Crippen molar-refractivity contribution in [2.45, 2.75) is 31.2 Å². The van der Waals surface area contributed by atoms with E-state index in [4.69, 9.17) is 4.74 Å². The fourth-order valence-electron chi connectivity index (χ4n) is 4.19. The highest BCUT2D eigenvalue weighted by atomic mass is 16.5. The van der Waals surface area contributed by atoms with Crippen LogP contribution in [0.15, 0.2) is 78.9 Å². The molecule has 5 heteroatoms. The molecule has 158 valence electrons. The van der Waals surface area contributed by atoms with Gasteiger partial charge in [-0.1, -0.05) is 78.9 Å². The number of alkyl carbamates (subject to hydrolysis) is 1. The summed E-state index contributed by atoms with van der Waals surface area (Å²) >= 11 is 0. The lowest BCUT2D eigenvalue weighted by molar-refractivity contribution is -0.139. The highest BCUT2D eigenvalue weighted by molar-refractivity contribution is 5.81. The predicted octanol–water partition coefficient (Wildman–Crippen LogP) is 5.00. The van der Waals surface area contributed by atoms with Crippen molar-refractivity contribution < 1.29 is 19.4 Å². The summed E-state index contributed by atoms with van der Waals surface area (Å²) in [7, 11) is 0. The van der Waals surface area contributed by atoms with Gasteiger partial charge in [0.15, 0.2) is 0 Å². The van der Waals surface area contributed by atoms with E-state index in [9.17, 15) is 14.7 Å². The summed E-state index contributed by atoms with van der Waals surface area (Å²) in [6.07, 6.45) is 1.06. The summed E-state index contributed by atoms with van der Waals surface area (Å²) < 4.78 is 5.47. The summed E-state index contributed by atoms with van der Waals surface area (Å²) in [5.41, 5.74) is 5.68. The molecule has 3 aromatic carbocycles. The maximum atomic E-state index is 12.4. The highest BCUT2D eigenvalue weighted by Crippen LogP contribution is 2.44. The van der Waals surface area contributed by atoms with Gasteiger partial charge in [-0.25, -0.2) is 9.59 Å². The van der Waals surface area contributed by atoms with E-state index in [1.54, 1.807) is 0 Å². The Morgan fingerprint density at radius 2 is 1.45 bits per heavy atom. The van der Waals surface area contributed by atoms with E-state index >= 15 is 0 Å². The lowest BCUT2D eigenvalue weighted by Gasteiger charge is -2.17. The first kappa shape index (κ1) is 20.7. The van der Waals surface area contributed by atoms with Crippen LogP contribution < -0.4 is 5.32 Å². The monoisotopic (exact) mass is 415 g/mol. The standard InChI is InChI=1S/C26H25NO4/c28-25(29)24(16-8-11-18-9-2-1-3-10-18)27-26(30)31-17-23-21-14-6-4-12-19(21)20-13-5-7-15-22(20)23/h1-7,9-10,12-15,23-24H,8,11,16-17H2,(H,27,30)(H,28,29)/t24-/m1/s1. The van der Waals surface area contributed by atoms with Crippen LogP contribution in [0.3, 0.4) is 0 Å². The summed E-state index contributed by atoms with van der Waals surface area (Å²) in [6.45, 7) is 0.163. The number of aliphatic carboxylic acids is 1. The molecule has 1 amide bonds. The largest absolute Gasteiger partial charge is 0.480 e. The van der Waals surface area contributed by atoms with E-state index in [1.165, 1.54) is 0 Å². The zero-order valence-corrected chi connectivity index (χ0v) is 17.2. The molecular formula is C26H25NO4. The van der Waals surface area contributed by atoms with Gasteiger partial charge in [0.05, 0.1) is 0 Å². The van der Waals surface area contributed by atoms with Gasteiger partial charge in [-0.15, -0.1) is 0 Å². The van der Waals surface area contributed by atoms with Crippen LogP contribution in [0.5, 0.6) is 0 Å². The number of hydrogen-bond acceptors (Lipinski definition) is 3. The number of amides is 1. The topological polar surface area (TPSA) is 75.6 Å². The normalized spacial score (nSPS) is 13.2. The van der Waals surface area contributed by atoms with Gasteiger partial charge >= 0.3 is 12.1 Å². The highest BCUT2D eigenvalue weighted by Gasteiger charge is 2.29. The smallest absolute Gasteiger partial charge is 0.407 e. The van der Waals surface area contributed by atoms with Crippen LogP contribution in [0, 0.1) is 0 Å². The number of carboxylic acid groups (broad SMARTS) is 1. The van der Waals surface area contributed by atoms with Crippen molar-refractivity contribution in [1.82, 2.24) is 5.32 Å². The molecule has 0 saturated carbocycles. The van der Waals surface area contributed by atoms with Crippen molar-refractivity contribution in [3.8, 4) is 11.1 Å². The second-order valence-electron chi connectivity index (χ2n) is 7.74. The number of nitrogens with one attached hydrogen (secondary N) is 1. The molecule has 0 radical (unpaired) electrons. The average molecular weight is 415 g/mol. The van der Waals surface area contributed by atoms with E-state index < -0.39 is 18.1 Å². The Morgan fingerprint density at radius 1 is 0.871 bits per heavy atom. The zero-order valence-electron chi connectivity index (χ0n) is 17.2. The van der Waals surface area contributed by atoms with Gasteiger partial charge < -0.3 is 15.2 Å². The molecule has 0 aliphatic heterocycles. The maximum absolute atomic E-state index is 12.4. The van der Waals surface area contributed by atoms with Gasteiger partial charge in [-0.2, -0.15) is 0 Å². The molecule has 0 aromatic heterocycles. The molecule has 1 atom stereocenters. The lowest BCUT2D eigenvalue weighted by atomic mass is 9.98. The van der Waals surface area contributed by atoms with Crippen LogP contribution >= 0.6 is 0 Å². The van der Waals surface area contributed by atoms with Crippen LogP contribution in [0.2, 0.25) is 0 Å². The van der Waals surface area contributed by atoms with Gasteiger partial charge in [0.1, 0.15) is 12.6 Å². The first-order valence-electron chi connectivity index (χ1n) is 10.5. The SMILES string of the molecule is O=C(N[C@H](CCCc1ccccc1)C(=O)O)OCC1c2ccccc2-c2ccccc21. The Hall–Kier alpha value is -3.60. The fraction of sp³-hybridized carbons (Fsp3) is 0.231. The van der Waals surface area contributed by atoms with Crippen LogP contribution in [0.1, 0.15) is 35.4 Å². The van der Waals surface area contributed by atoms with Crippen molar-refractivity contribution in [3.05, 3.63) is 95.6 Å². The van der Waals surface area contributed by atoms with Gasteiger partial charge in [0.25, 0.3) is 0 Å². The van der Waals surface area contributed by atoms with Crippen LogP contribution in [0.25, 0.3) is 11.1 Å². The molecule has 0 heterocycles. The summed E-state index contributed by atoms with van der Waals surface area (Å²) in [5.74, 6) is -1.11. The minimum absolute atomic E-state index is 0.0560. The lowest BCUT2D eigenvalue weighted by Crippen LogP contribution is -2.41. The number of carbonyl (C=O) groups excluding carboxylic acids is 1. The summed E-state index contributed by atoms with van der Waals surface area (Å²) in [4.78, 5) is 24.0. The Labute approximate surface area is 181 Å². The molecule has 4 rings (SSSR count). The third-order valence-electron chi connectivity index (χ3n) is 5.73. The van der Waals surface area contributed by atoms with E-state index in [0.29, 0.717) is 12.8 Å². The number of fused-ring (bicyclic) bond motifs is 3. The van der Waals surface area contributed by atoms with Crippen molar-refractivity contribution in [3.63, 3.8) is 0 Å². The molecule has 5 nitrogen and oxygen atoms in total. The van der Waals surface area contributed by atoms with Gasteiger partial charge in [-0.3, -0.25) is 0 Å². The molecule has 3 aromatic rings. The van der Waals surface area contributed by atoms with Crippen molar-refractivity contribution in [2.75, 3.05) is 6.61 Å². The van der Waals surface area contributed by atoms with Crippen molar-refractivity contribution in [2.24, 2.45) is 0 Å². The van der Waals surface area contributed by atoms with Gasteiger partial charge in [0.2, 0.25) is 0 Å². The number of ether oxygens (including phenoxy) is 1. The first-order valence-corrected chi connectivity index (χ1v) is 10.5. The van der Waals surface area contributed by atoms with Crippen LogP contribution in [-0.2, 0) is 16.0 Å². The van der Waals surface area contributed by atoms with E-state index in [1.807, 2.05) is 66.7 Å². The second-order valence-corrected chi connectivity index (χ2v) is 7.74. The van der Waals surface area contributed by atoms with Crippen LogP contribution in [-0.4, -0.2) is 29.8 Å². The van der Waals surface area contributed by atoms with Gasteiger partial charge in [0, 0.05) is 5.92 Å². The molecule has 0 bridgehead atoms. The first-order chi connectivity index (χ1) is 15.1. The Bertz CT molecular complexity index is 1020. The van der Waals surface area contributed by atoms with Crippen molar-refractivity contribution in [1.29, 1.82) is 0 Å². The number of carbonyl (C=O) groups is 2. The van der Waals surface area contributed by atoms with E-state index in [0.717, 1.165) is 34.2 Å². The predicted molar refractivity (Wildman–Crippen MR) is 119 cm³/mol.